The van der Waals surface area contributed by atoms with Crippen LogP contribution >= 0.6 is 0 Å². The van der Waals surface area contributed by atoms with Crippen LogP contribution in [0.15, 0.2) is 42.7 Å². The fourth-order valence-electron chi connectivity index (χ4n) is 2.83. The lowest BCUT2D eigenvalue weighted by molar-refractivity contribution is 0.0945. The van der Waals surface area contributed by atoms with Crippen molar-refractivity contribution in [3.05, 3.63) is 54.1 Å². The van der Waals surface area contributed by atoms with Crippen LogP contribution in [-0.2, 0) is 6.54 Å². The first-order valence-corrected chi connectivity index (χ1v) is 8.22. The number of aromatic nitrogens is 2. The van der Waals surface area contributed by atoms with E-state index in [1.165, 1.54) is 25.7 Å². The van der Waals surface area contributed by atoms with Gasteiger partial charge in [0.2, 0.25) is 0 Å². The third-order valence-corrected chi connectivity index (χ3v) is 4.10. The molecule has 1 aliphatic heterocycles. The van der Waals surface area contributed by atoms with Crippen molar-refractivity contribution in [2.45, 2.75) is 32.2 Å². The van der Waals surface area contributed by atoms with Gasteiger partial charge in [-0.1, -0.05) is 18.9 Å². The zero-order chi connectivity index (χ0) is 15.9. The van der Waals surface area contributed by atoms with Crippen LogP contribution in [0.25, 0.3) is 0 Å². The lowest BCUT2D eigenvalue weighted by atomic mass is 10.2. The monoisotopic (exact) mass is 310 g/mol. The predicted octanol–water partition coefficient (Wildman–Crippen LogP) is 2.79. The summed E-state index contributed by atoms with van der Waals surface area (Å²) in [4.78, 5) is 23.1. The van der Waals surface area contributed by atoms with E-state index in [0.29, 0.717) is 12.2 Å². The fraction of sp³-hybridized carbons (Fsp3) is 0.389. The largest absolute Gasteiger partial charge is 0.371 e. The maximum atomic E-state index is 12.3. The molecule has 2 aromatic rings. The molecule has 1 N–H and O–H groups in total. The second-order valence-electron chi connectivity index (χ2n) is 5.80. The van der Waals surface area contributed by atoms with Crippen molar-refractivity contribution in [3.8, 4) is 0 Å². The van der Waals surface area contributed by atoms with Gasteiger partial charge < -0.3 is 10.2 Å². The van der Waals surface area contributed by atoms with Gasteiger partial charge in [0.1, 0.15) is 5.69 Å². The van der Waals surface area contributed by atoms with Crippen LogP contribution in [0.4, 0.5) is 5.69 Å². The number of carbonyl (C=O) groups excluding carboxylic acids is 1. The molecule has 0 saturated carbocycles. The molecule has 120 valence electrons. The van der Waals surface area contributed by atoms with E-state index in [4.69, 9.17) is 0 Å². The molecule has 0 bridgehead atoms. The predicted molar refractivity (Wildman–Crippen MR) is 90.3 cm³/mol. The van der Waals surface area contributed by atoms with Gasteiger partial charge in [0, 0.05) is 31.2 Å². The standard InChI is InChI=1S/C18H22N4O/c23-18(21-14-15-7-3-4-9-19-15)17-13-16(8-10-20-17)22-11-5-1-2-6-12-22/h3-4,7-10,13H,1-2,5-6,11-12,14H2,(H,21,23). The van der Waals surface area contributed by atoms with Gasteiger partial charge in [0.05, 0.1) is 12.2 Å². The Kier molecular flexibility index (Phi) is 5.19. The van der Waals surface area contributed by atoms with E-state index in [1.807, 2.05) is 30.3 Å². The van der Waals surface area contributed by atoms with Crippen molar-refractivity contribution >= 4 is 11.6 Å². The van der Waals surface area contributed by atoms with Gasteiger partial charge in [-0.2, -0.15) is 0 Å². The van der Waals surface area contributed by atoms with E-state index in [1.54, 1.807) is 12.4 Å². The second kappa shape index (κ2) is 7.72. The minimum Gasteiger partial charge on any atom is -0.371 e. The average Bonchev–Trinajstić information content (AvgIpc) is 2.90. The number of hydrogen-bond donors (Lipinski definition) is 1. The fourth-order valence-corrected chi connectivity index (χ4v) is 2.83. The summed E-state index contributed by atoms with van der Waals surface area (Å²) in [5.74, 6) is -0.160. The highest BCUT2D eigenvalue weighted by Crippen LogP contribution is 2.19. The molecule has 3 heterocycles. The highest BCUT2D eigenvalue weighted by atomic mass is 16.1. The molecule has 1 fully saturated rings. The Morgan fingerprint density at radius 2 is 1.87 bits per heavy atom. The Labute approximate surface area is 136 Å². The zero-order valence-corrected chi connectivity index (χ0v) is 13.2. The van der Waals surface area contributed by atoms with E-state index in [0.717, 1.165) is 24.5 Å². The molecule has 0 aliphatic carbocycles. The molecule has 3 rings (SSSR count). The van der Waals surface area contributed by atoms with E-state index in [-0.39, 0.29) is 5.91 Å². The van der Waals surface area contributed by atoms with E-state index in [9.17, 15) is 4.79 Å². The summed E-state index contributed by atoms with van der Waals surface area (Å²) in [6, 6.07) is 9.53. The second-order valence-corrected chi connectivity index (χ2v) is 5.80. The summed E-state index contributed by atoms with van der Waals surface area (Å²) in [7, 11) is 0. The van der Waals surface area contributed by atoms with Crippen LogP contribution in [0.3, 0.4) is 0 Å². The highest BCUT2D eigenvalue weighted by Gasteiger charge is 2.13. The van der Waals surface area contributed by atoms with Gasteiger partial charge in [-0.3, -0.25) is 14.8 Å². The Balaban J connectivity index is 1.65. The molecule has 0 atom stereocenters. The molecule has 5 nitrogen and oxygen atoms in total. The lowest BCUT2D eigenvalue weighted by Gasteiger charge is -2.22. The van der Waals surface area contributed by atoms with Crippen molar-refractivity contribution in [3.63, 3.8) is 0 Å². The quantitative estimate of drug-likeness (QED) is 0.943. The number of nitrogens with one attached hydrogen (secondary N) is 1. The molecule has 2 aromatic heterocycles. The van der Waals surface area contributed by atoms with Gasteiger partial charge in [-0.15, -0.1) is 0 Å². The van der Waals surface area contributed by atoms with Crippen molar-refractivity contribution < 1.29 is 4.79 Å². The van der Waals surface area contributed by atoms with Crippen molar-refractivity contribution in [2.75, 3.05) is 18.0 Å². The highest BCUT2D eigenvalue weighted by molar-refractivity contribution is 5.93. The zero-order valence-electron chi connectivity index (χ0n) is 13.2. The van der Waals surface area contributed by atoms with Crippen LogP contribution in [0.2, 0.25) is 0 Å². The van der Waals surface area contributed by atoms with E-state index in [2.05, 4.69) is 20.2 Å². The number of amides is 1. The SMILES string of the molecule is O=C(NCc1ccccn1)c1cc(N2CCCCCC2)ccn1. The van der Waals surface area contributed by atoms with Crippen LogP contribution in [0.5, 0.6) is 0 Å². The smallest absolute Gasteiger partial charge is 0.270 e. The van der Waals surface area contributed by atoms with E-state index >= 15 is 0 Å². The summed E-state index contributed by atoms with van der Waals surface area (Å²) >= 11 is 0. The average molecular weight is 310 g/mol. The molecule has 1 aliphatic rings. The first-order valence-electron chi connectivity index (χ1n) is 8.22. The third-order valence-electron chi connectivity index (χ3n) is 4.10. The van der Waals surface area contributed by atoms with Crippen molar-refractivity contribution in [2.24, 2.45) is 0 Å². The van der Waals surface area contributed by atoms with E-state index < -0.39 is 0 Å². The topological polar surface area (TPSA) is 58.1 Å². The summed E-state index contributed by atoms with van der Waals surface area (Å²) in [6.45, 7) is 2.52. The van der Waals surface area contributed by atoms with Crippen LogP contribution in [0, 0.1) is 0 Å². The van der Waals surface area contributed by atoms with Gasteiger partial charge in [0.25, 0.3) is 5.91 Å². The molecule has 0 spiro atoms. The lowest BCUT2D eigenvalue weighted by Crippen LogP contribution is -2.26. The minimum absolute atomic E-state index is 0.160. The molecule has 1 amide bonds. The van der Waals surface area contributed by atoms with Gasteiger partial charge >= 0.3 is 0 Å². The first-order chi connectivity index (χ1) is 11.3. The first kappa shape index (κ1) is 15.5. The normalized spacial score (nSPS) is 15.0. The molecule has 23 heavy (non-hydrogen) atoms. The van der Waals surface area contributed by atoms with Crippen molar-refractivity contribution in [1.82, 2.24) is 15.3 Å². The van der Waals surface area contributed by atoms with Crippen LogP contribution in [-0.4, -0.2) is 29.0 Å². The Morgan fingerprint density at radius 3 is 2.61 bits per heavy atom. The Morgan fingerprint density at radius 1 is 1.04 bits per heavy atom. The summed E-state index contributed by atoms with van der Waals surface area (Å²) in [5, 5.41) is 2.88. The number of nitrogens with zero attached hydrogens (tertiary/aromatic N) is 3. The molecule has 5 heteroatoms. The van der Waals surface area contributed by atoms with Crippen molar-refractivity contribution in [1.29, 1.82) is 0 Å². The van der Waals surface area contributed by atoms with Gasteiger partial charge in [0.15, 0.2) is 0 Å². The molecular formula is C18H22N4O. The molecule has 0 radical (unpaired) electrons. The molecule has 1 saturated heterocycles. The summed E-state index contributed by atoms with van der Waals surface area (Å²) in [5.41, 5.74) is 2.39. The van der Waals surface area contributed by atoms with Crippen LogP contribution < -0.4 is 10.2 Å². The molecular weight excluding hydrogens is 288 g/mol. The Bertz CT molecular complexity index is 636. The van der Waals surface area contributed by atoms with Gasteiger partial charge in [-0.05, 0) is 37.1 Å². The molecule has 0 aromatic carbocycles. The maximum Gasteiger partial charge on any atom is 0.270 e. The number of pyridine rings is 2. The van der Waals surface area contributed by atoms with Gasteiger partial charge in [-0.25, -0.2) is 0 Å². The molecule has 0 unspecified atom stereocenters. The number of rotatable bonds is 4. The maximum absolute atomic E-state index is 12.3. The van der Waals surface area contributed by atoms with Crippen LogP contribution in [0.1, 0.15) is 41.9 Å². The Hall–Kier alpha value is -2.43. The minimum atomic E-state index is -0.160. The third kappa shape index (κ3) is 4.28. The number of carbonyl (C=O) groups is 1. The number of anilines is 1. The summed E-state index contributed by atoms with van der Waals surface area (Å²) < 4.78 is 0. The summed E-state index contributed by atoms with van der Waals surface area (Å²) in [6.07, 6.45) is 8.45. The number of hydrogen-bond acceptors (Lipinski definition) is 4.